The van der Waals surface area contributed by atoms with Crippen LogP contribution in [0.4, 0.5) is 0 Å². The van der Waals surface area contributed by atoms with Crippen molar-refractivity contribution < 1.29 is 9.90 Å². The smallest absolute Gasteiger partial charge is 0.337 e. The summed E-state index contributed by atoms with van der Waals surface area (Å²) in [6.07, 6.45) is 6.71. The van der Waals surface area contributed by atoms with Gasteiger partial charge < -0.3 is 10.4 Å². The molecule has 15 heavy (non-hydrogen) atoms. The minimum atomic E-state index is -0.909. The molecule has 1 aromatic heterocycles. The number of aromatic carboxylic acids is 1. The topological polar surface area (TPSA) is 62.2 Å². The van der Waals surface area contributed by atoms with Gasteiger partial charge >= 0.3 is 5.97 Å². The summed E-state index contributed by atoms with van der Waals surface area (Å²) in [7, 11) is 0. The number of hydrogen-bond donors (Lipinski definition) is 2. The highest BCUT2D eigenvalue weighted by molar-refractivity contribution is 5.88. The number of rotatable bonds is 4. The number of hydrogen-bond acceptors (Lipinski definition) is 3. The summed E-state index contributed by atoms with van der Waals surface area (Å²) in [5, 5.41) is 12.3. The lowest BCUT2D eigenvalue weighted by Gasteiger charge is -2.26. The summed E-state index contributed by atoms with van der Waals surface area (Å²) >= 11 is 0. The van der Waals surface area contributed by atoms with Crippen LogP contribution in [0.2, 0.25) is 0 Å². The molecule has 4 heteroatoms. The third kappa shape index (κ3) is 2.33. The molecule has 0 radical (unpaired) electrons. The molecule has 2 rings (SSSR count). The van der Waals surface area contributed by atoms with Crippen LogP contribution in [0.3, 0.4) is 0 Å². The van der Waals surface area contributed by atoms with Crippen molar-refractivity contribution in [2.45, 2.75) is 31.8 Å². The maximum Gasteiger partial charge on any atom is 0.337 e. The second kappa shape index (κ2) is 4.40. The molecule has 2 N–H and O–H groups in total. The molecule has 0 saturated heterocycles. The molecule has 0 aliphatic heterocycles. The number of carboxylic acids is 1. The zero-order valence-corrected chi connectivity index (χ0v) is 8.44. The molecule has 0 atom stereocenters. The summed E-state index contributed by atoms with van der Waals surface area (Å²) in [4.78, 5) is 14.7. The van der Waals surface area contributed by atoms with Crippen LogP contribution in [-0.2, 0) is 6.54 Å². The summed E-state index contributed by atoms with van der Waals surface area (Å²) in [6, 6.07) is 2.33. The van der Waals surface area contributed by atoms with Crippen LogP contribution >= 0.6 is 0 Å². The molecular weight excluding hydrogens is 192 g/mol. The average Bonchev–Trinajstić information content (AvgIpc) is 2.16. The normalized spacial score (nSPS) is 16.0. The van der Waals surface area contributed by atoms with Crippen molar-refractivity contribution in [3.05, 3.63) is 29.6 Å². The maximum absolute atomic E-state index is 10.9. The van der Waals surface area contributed by atoms with Crippen molar-refractivity contribution in [2.75, 3.05) is 0 Å². The first kappa shape index (κ1) is 10.1. The van der Waals surface area contributed by atoms with Gasteiger partial charge in [0, 0.05) is 25.0 Å². The third-order valence-corrected chi connectivity index (χ3v) is 2.83. The summed E-state index contributed by atoms with van der Waals surface area (Å²) in [5.41, 5.74) is 1.11. The molecule has 0 amide bonds. The molecule has 1 aliphatic rings. The van der Waals surface area contributed by atoms with E-state index in [1.807, 2.05) is 0 Å². The third-order valence-electron chi connectivity index (χ3n) is 2.83. The molecule has 0 aromatic carbocycles. The van der Waals surface area contributed by atoms with Crippen LogP contribution in [0.1, 0.15) is 35.2 Å². The molecule has 1 saturated carbocycles. The van der Waals surface area contributed by atoms with Crippen molar-refractivity contribution in [3.8, 4) is 0 Å². The van der Waals surface area contributed by atoms with Gasteiger partial charge in [-0.3, -0.25) is 4.98 Å². The Morgan fingerprint density at radius 1 is 1.60 bits per heavy atom. The van der Waals surface area contributed by atoms with E-state index in [9.17, 15) is 4.79 Å². The van der Waals surface area contributed by atoms with E-state index in [0.29, 0.717) is 18.2 Å². The number of pyridine rings is 1. The molecule has 1 aliphatic carbocycles. The first-order valence-electron chi connectivity index (χ1n) is 5.17. The van der Waals surface area contributed by atoms with Gasteiger partial charge in [0.2, 0.25) is 0 Å². The van der Waals surface area contributed by atoms with Gasteiger partial charge in [0.1, 0.15) is 0 Å². The molecule has 1 aromatic rings. The molecule has 1 fully saturated rings. The lowest BCUT2D eigenvalue weighted by molar-refractivity contribution is 0.0695. The second-order valence-corrected chi connectivity index (χ2v) is 3.85. The first-order chi connectivity index (χ1) is 7.27. The molecule has 4 nitrogen and oxygen atoms in total. The van der Waals surface area contributed by atoms with E-state index >= 15 is 0 Å². The van der Waals surface area contributed by atoms with E-state index in [4.69, 9.17) is 5.11 Å². The van der Waals surface area contributed by atoms with E-state index in [0.717, 1.165) is 5.56 Å². The number of nitrogens with zero attached hydrogens (tertiary/aromatic N) is 1. The molecule has 0 bridgehead atoms. The number of aromatic nitrogens is 1. The van der Waals surface area contributed by atoms with Crippen LogP contribution in [0.15, 0.2) is 18.5 Å². The van der Waals surface area contributed by atoms with Crippen molar-refractivity contribution in [1.29, 1.82) is 0 Å². The van der Waals surface area contributed by atoms with Crippen LogP contribution in [-0.4, -0.2) is 22.1 Å². The van der Waals surface area contributed by atoms with Gasteiger partial charge in [-0.2, -0.15) is 0 Å². The molecular formula is C11H14N2O2. The first-order valence-corrected chi connectivity index (χ1v) is 5.17. The van der Waals surface area contributed by atoms with Gasteiger partial charge in [-0.05, 0) is 24.5 Å². The van der Waals surface area contributed by atoms with Crippen molar-refractivity contribution in [1.82, 2.24) is 10.3 Å². The van der Waals surface area contributed by atoms with Crippen LogP contribution < -0.4 is 5.32 Å². The monoisotopic (exact) mass is 206 g/mol. The minimum Gasteiger partial charge on any atom is -0.478 e. The van der Waals surface area contributed by atoms with Crippen LogP contribution in [0.25, 0.3) is 0 Å². The van der Waals surface area contributed by atoms with Crippen molar-refractivity contribution in [3.63, 3.8) is 0 Å². The Labute approximate surface area is 88.3 Å². The fourth-order valence-corrected chi connectivity index (χ4v) is 1.64. The SMILES string of the molecule is O=C(O)c1cnccc1CNC1CCC1. The largest absolute Gasteiger partial charge is 0.478 e. The zero-order valence-electron chi connectivity index (χ0n) is 8.44. The fraction of sp³-hybridized carbons (Fsp3) is 0.455. The maximum atomic E-state index is 10.9. The van der Waals surface area contributed by atoms with E-state index < -0.39 is 5.97 Å². The van der Waals surface area contributed by atoms with E-state index in [1.54, 1.807) is 12.3 Å². The Morgan fingerprint density at radius 2 is 2.40 bits per heavy atom. The Bertz CT molecular complexity index is 361. The number of carboxylic acid groups (broad SMARTS) is 1. The van der Waals surface area contributed by atoms with Gasteiger partial charge in [0.05, 0.1) is 5.56 Å². The van der Waals surface area contributed by atoms with Crippen LogP contribution in [0.5, 0.6) is 0 Å². The molecule has 0 unspecified atom stereocenters. The molecule has 0 spiro atoms. The summed E-state index contributed by atoms with van der Waals surface area (Å²) in [5.74, 6) is -0.909. The van der Waals surface area contributed by atoms with Crippen molar-refractivity contribution >= 4 is 5.97 Å². The lowest BCUT2D eigenvalue weighted by atomic mass is 9.93. The second-order valence-electron chi connectivity index (χ2n) is 3.85. The van der Waals surface area contributed by atoms with Crippen LogP contribution in [0, 0.1) is 0 Å². The Balaban J connectivity index is 2.02. The van der Waals surface area contributed by atoms with Gasteiger partial charge in [-0.15, -0.1) is 0 Å². The molecule has 80 valence electrons. The average molecular weight is 206 g/mol. The van der Waals surface area contributed by atoms with Gasteiger partial charge in [0.15, 0.2) is 0 Å². The highest BCUT2D eigenvalue weighted by Gasteiger charge is 2.17. The van der Waals surface area contributed by atoms with Gasteiger partial charge in [-0.1, -0.05) is 6.42 Å². The summed E-state index contributed by atoms with van der Waals surface area (Å²) < 4.78 is 0. The lowest BCUT2D eigenvalue weighted by Crippen LogP contribution is -2.34. The predicted molar refractivity (Wildman–Crippen MR) is 55.7 cm³/mol. The van der Waals surface area contributed by atoms with Crippen molar-refractivity contribution in [2.24, 2.45) is 0 Å². The number of carbonyl (C=O) groups is 1. The van der Waals surface area contributed by atoms with E-state index in [1.165, 1.54) is 25.5 Å². The number of nitrogens with one attached hydrogen (secondary N) is 1. The summed E-state index contributed by atoms with van der Waals surface area (Å²) in [6.45, 7) is 0.620. The minimum absolute atomic E-state index is 0.296. The van der Waals surface area contributed by atoms with E-state index in [2.05, 4.69) is 10.3 Å². The highest BCUT2D eigenvalue weighted by Crippen LogP contribution is 2.19. The van der Waals surface area contributed by atoms with Gasteiger partial charge in [-0.25, -0.2) is 4.79 Å². The Morgan fingerprint density at radius 3 is 3.00 bits per heavy atom. The highest BCUT2D eigenvalue weighted by atomic mass is 16.4. The zero-order chi connectivity index (χ0) is 10.7. The fourth-order valence-electron chi connectivity index (χ4n) is 1.64. The molecule has 1 heterocycles. The Hall–Kier alpha value is -1.42. The van der Waals surface area contributed by atoms with Gasteiger partial charge in [0.25, 0.3) is 0 Å². The van der Waals surface area contributed by atoms with E-state index in [-0.39, 0.29) is 0 Å². The Kier molecular flexibility index (Phi) is 2.97. The predicted octanol–water partition coefficient (Wildman–Crippen LogP) is 1.42. The quantitative estimate of drug-likeness (QED) is 0.782. The standard InChI is InChI=1S/C11H14N2O2/c14-11(15)10-7-12-5-4-8(10)6-13-9-2-1-3-9/h4-5,7,9,13H,1-3,6H2,(H,14,15).